The van der Waals surface area contributed by atoms with Crippen LogP contribution in [0.4, 0.5) is 34.1 Å². The summed E-state index contributed by atoms with van der Waals surface area (Å²) in [6, 6.07) is 97.5. The highest BCUT2D eigenvalue weighted by Crippen LogP contribution is 2.48. The zero-order chi connectivity index (χ0) is 45.0. The second-order valence-corrected chi connectivity index (χ2v) is 17.6. The Morgan fingerprint density at radius 3 is 0.809 bits per heavy atom. The number of benzene rings is 13. The molecule has 13 rings (SSSR count). The molecule has 0 fully saturated rings. The first-order valence-corrected chi connectivity index (χ1v) is 23.4. The molecule has 13 aromatic carbocycles. The van der Waals surface area contributed by atoms with Crippen LogP contribution in [-0.4, -0.2) is 0 Å². The van der Waals surface area contributed by atoms with Crippen LogP contribution in [0.1, 0.15) is 0 Å². The van der Waals surface area contributed by atoms with E-state index < -0.39 is 0 Å². The van der Waals surface area contributed by atoms with Crippen molar-refractivity contribution in [2.45, 2.75) is 0 Å². The minimum Gasteiger partial charge on any atom is -0.310 e. The summed E-state index contributed by atoms with van der Waals surface area (Å²) >= 11 is 0. The van der Waals surface area contributed by atoms with Crippen LogP contribution in [0.15, 0.2) is 267 Å². The highest BCUT2D eigenvalue weighted by molar-refractivity contribution is 6.22. The molecule has 0 aliphatic rings. The first kappa shape index (κ1) is 39.4. The van der Waals surface area contributed by atoms with Gasteiger partial charge in [0.25, 0.3) is 0 Å². The van der Waals surface area contributed by atoms with Crippen LogP contribution in [0.2, 0.25) is 0 Å². The molecule has 0 heterocycles. The maximum absolute atomic E-state index is 2.41. The summed E-state index contributed by atoms with van der Waals surface area (Å²) < 4.78 is 0. The lowest BCUT2D eigenvalue weighted by atomic mass is 9.86. The molecule has 2 nitrogen and oxygen atoms in total. The molecular formula is C66H44N2. The SMILES string of the molecule is c1ccc(N(c2ccc(-c3c4ccccc4c(-c4ccc(N(c5ccccc5)c5cc6ccccc6c6ccccc56)cc4)c4ccccc34)cc2)c2cc3ccccc3c3ccccc23)cc1. The average molecular weight is 865 g/mol. The summed E-state index contributed by atoms with van der Waals surface area (Å²) in [5, 5.41) is 14.8. The van der Waals surface area contributed by atoms with E-state index in [1.165, 1.54) is 86.9 Å². The molecule has 0 saturated carbocycles. The summed E-state index contributed by atoms with van der Waals surface area (Å²) in [6.07, 6.45) is 0. The molecule has 0 saturated heterocycles. The third-order valence-electron chi connectivity index (χ3n) is 13.8. The largest absolute Gasteiger partial charge is 0.310 e. The lowest BCUT2D eigenvalue weighted by molar-refractivity contribution is 1.30. The second kappa shape index (κ2) is 16.5. The molecule has 0 spiro atoms. The number of fused-ring (bicyclic) bond motifs is 8. The number of anilines is 6. The Bertz CT molecular complexity index is 3690. The summed E-state index contributed by atoms with van der Waals surface area (Å²) in [5.41, 5.74) is 11.6. The van der Waals surface area contributed by atoms with Crippen molar-refractivity contribution in [3.8, 4) is 22.3 Å². The third kappa shape index (κ3) is 6.57. The van der Waals surface area contributed by atoms with Gasteiger partial charge >= 0.3 is 0 Å². The van der Waals surface area contributed by atoms with E-state index in [4.69, 9.17) is 0 Å². The van der Waals surface area contributed by atoms with Crippen molar-refractivity contribution in [2.24, 2.45) is 0 Å². The van der Waals surface area contributed by atoms with Gasteiger partial charge < -0.3 is 9.80 Å². The molecular weight excluding hydrogens is 821 g/mol. The van der Waals surface area contributed by atoms with Gasteiger partial charge in [0.1, 0.15) is 0 Å². The van der Waals surface area contributed by atoms with E-state index in [-0.39, 0.29) is 0 Å². The minimum atomic E-state index is 1.10. The first-order valence-electron chi connectivity index (χ1n) is 23.4. The van der Waals surface area contributed by atoms with Gasteiger partial charge in [-0.05, 0) is 137 Å². The number of hydrogen-bond donors (Lipinski definition) is 0. The molecule has 0 unspecified atom stereocenters. The molecule has 68 heavy (non-hydrogen) atoms. The van der Waals surface area contributed by atoms with Crippen LogP contribution in [0.3, 0.4) is 0 Å². The Kier molecular flexibility index (Phi) is 9.54. The van der Waals surface area contributed by atoms with Crippen LogP contribution >= 0.6 is 0 Å². The maximum atomic E-state index is 2.41. The van der Waals surface area contributed by atoms with Crippen molar-refractivity contribution in [1.82, 2.24) is 0 Å². The standard InChI is InChI=1S/C66H44N2/c1-3-21-49(22-4-1)67(63-43-47-19-7-9-25-53(47)55-27-11-13-29-57(55)63)51-39-35-45(36-40-51)65-59-31-15-17-33-61(59)66(62-34-18-16-32-60(62)65)46-37-41-52(42-38-46)68(50-23-5-2-6-24-50)64-44-48-20-8-10-26-54(48)56-28-12-14-30-58(56)64/h1-44H. The fourth-order valence-corrected chi connectivity index (χ4v) is 10.8. The van der Waals surface area contributed by atoms with Gasteiger partial charge in [0.2, 0.25) is 0 Å². The molecule has 0 N–H and O–H groups in total. The van der Waals surface area contributed by atoms with Crippen molar-refractivity contribution in [3.05, 3.63) is 267 Å². The minimum absolute atomic E-state index is 1.10. The molecule has 0 bridgehead atoms. The molecule has 0 aliphatic heterocycles. The Labute approximate surface area is 395 Å². The maximum Gasteiger partial charge on any atom is 0.0546 e. The van der Waals surface area contributed by atoms with Crippen molar-refractivity contribution in [3.63, 3.8) is 0 Å². The molecule has 0 atom stereocenters. The zero-order valence-corrected chi connectivity index (χ0v) is 37.3. The van der Waals surface area contributed by atoms with E-state index >= 15 is 0 Å². The first-order chi connectivity index (χ1) is 33.8. The Balaban J connectivity index is 0.943. The van der Waals surface area contributed by atoms with Crippen LogP contribution in [0, 0.1) is 0 Å². The zero-order valence-electron chi connectivity index (χ0n) is 37.3. The Morgan fingerprint density at radius 1 is 0.191 bits per heavy atom. The van der Waals surface area contributed by atoms with Gasteiger partial charge in [-0.2, -0.15) is 0 Å². The summed E-state index contributed by atoms with van der Waals surface area (Å²) in [6.45, 7) is 0. The van der Waals surface area contributed by atoms with E-state index in [1.54, 1.807) is 0 Å². The van der Waals surface area contributed by atoms with Gasteiger partial charge in [-0.25, -0.2) is 0 Å². The van der Waals surface area contributed by atoms with Crippen molar-refractivity contribution in [1.29, 1.82) is 0 Å². The second-order valence-electron chi connectivity index (χ2n) is 17.6. The summed E-state index contributed by atoms with van der Waals surface area (Å²) in [7, 11) is 0. The highest BCUT2D eigenvalue weighted by atomic mass is 15.1. The van der Waals surface area contributed by atoms with Gasteiger partial charge in [0, 0.05) is 33.5 Å². The van der Waals surface area contributed by atoms with Gasteiger partial charge in [0.15, 0.2) is 0 Å². The van der Waals surface area contributed by atoms with E-state index in [0.29, 0.717) is 0 Å². The normalized spacial score (nSPS) is 11.5. The predicted octanol–water partition coefficient (Wildman–Crippen LogP) is 18.9. The summed E-state index contributed by atoms with van der Waals surface area (Å²) in [5.74, 6) is 0. The molecule has 0 amide bonds. The number of para-hydroxylation sites is 2. The number of hydrogen-bond acceptors (Lipinski definition) is 2. The summed E-state index contributed by atoms with van der Waals surface area (Å²) in [4.78, 5) is 4.81. The molecule has 0 aliphatic carbocycles. The quantitative estimate of drug-likeness (QED) is 0.111. The fraction of sp³-hybridized carbons (Fsp3) is 0. The lowest BCUT2D eigenvalue weighted by Gasteiger charge is -2.28. The number of nitrogens with zero attached hydrogens (tertiary/aromatic N) is 2. The van der Waals surface area contributed by atoms with Crippen molar-refractivity contribution < 1.29 is 0 Å². The van der Waals surface area contributed by atoms with Gasteiger partial charge in [-0.3, -0.25) is 0 Å². The lowest BCUT2D eigenvalue weighted by Crippen LogP contribution is -2.10. The smallest absolute Gasteiger partial charge is 0.0546 e. The molecule has 13 aromatic rings. The Hall–Kier alpha value is -8.98. The highest BCUT2D eigenvalue weighted by Gasteiger charge is 2.22. The third-order valence-corrected chi connectivity index (χ3v) is 13.8. The van der Waals surface area contributed by atoms with E-state index in [9.17, 15) is 0 Å². The molecule has 0 radical (unpaired) electrons. The van der Waals surface area contributed by atoms with Crippen LogP contribution in [-0.2, 0) is 0 Å². The average Bonchev–Trinajstić information content (AvgIpc) is 3.41. The van der Waals surface area contributed by atoms with Crippen molar-refractivity contribution >= 4 is 98.8 Å². The predicted molar refractivity (Wildman–Crippen MR) is 292 cm³/mol. The van der Waals surface area contributed by atoms with E-state index in [2.05, 4.69) is 277 Å². The number of rotatable bonds is 8. The Morgan fingerprint density at radius 2 is 0.456 bits per heavy atom. The fourth-order valence-electron chi connectivity index (χ4n) is 10.8. The molecule has 318 valence electrons. The van der Waals surface area contributed by atoms with Crippen molar-refractivity contribution in [2.75, 3.05) is 9.80 Å². The van der Waals surface area contributed by atoms with Gasteiger partial charge in [0.05, 0.1) is 11.4 Å². The van der Waals surface area contributed by atoms with Crippen LogP contribution < -0.4 is 9.80 Å². The van der Waals surface area contributed by atoms with E-state index in [0.717, 1.165) is 34.1 Å². The molecule has 0 aromatic heterocycles. The topological polar surface area (TPSA) is 6.48 Å². The van der Waals surface area contributed by atoms with Crippen LogP contribution in [0.25, 0.3) is 86.9 Å². The van der Waals surface area contributed by atoms with Gasteiger partial charge in [-0.1, -0.05) is 206 Å². The van der Waals surface area contributed by atoms with Crippen LogP contribution in [0.5, 0.6) is 0 Å². The monoisotopic (exact) mass is 864 g/mol. The van der Waals surface area contributed by atoms with Gasteiger partial charge in [-0.15, -0.1) is 0 Å². The molecule has 2 heteroatoms. The van der Waals surface area contributed by atoms with E-state index in [1.807, 2.05) is 0 Å².